The summed E-state index contributed by atoms with van der Waals surface area (Å²) in [6.45, 7) is 4.98. The molecule has 2 rings (SSSR count). The first-order valence-corrected chi connectivity index (χ1v) is 7.17. The number of aryl methyl sites for hydroxylation is 1. The van der Waals surface area contributed by atoms with Crippen LogP contribution >= 0.6 is 11.3 Å². The molecule has 2 heterocycles. The van der Waals surface area contributed by atoms with E-state index in [1.165, 1.54) is 4.88 Å². The second kappa shape index (κ2) is 5.97. The molecule has 1 N–H and O–H groups in total. The smallest absolute Gasteiger partial charge is 0.137 e. The Bertz CT molecular complexity index is 552. The average molecular weight is 277 g/mol. The average Bonchev–Trinajstić information content (AvgIpc) is 2.83. The molecule has 0 fully saturated rings. The number of nitrogens with one attached hydrogen (secondary N) is 1. The highest BCUT2D eigenvalue weighted by Gasteiger charge is 2.14. The molecule has 0 amide bonds. The molecule has 0 atom stereocenters. The van der Waals surface area contributed by atoms with Crippen molar-refractivity contribution in [2.24, 2.45) is 0 Å². The molecule has 0 aliphatic rings. The second-order valence-electron chi connectivity index (χ2n) is 4.34. The van der Waals surface area contributed by atoms with Crippen LogP contribution < -0.4 is 10.2 Å². The first-order chi connectivity index (χ1) is 9.17. The topological polar surface area (TPSA) is 53.9 Å². The number of thiazole rings is 1. The molecule has 0 saturated heterocycles. The van der Waals surface area contributed by atoms with E-state index in [1.54, 1.807) is 17.7 Å². The van der Waals surface area contributed by atoms with Gasteiger partial charge < -0.3 is 10.2 Å². The summed E-state index contributed by atoms with van der Waals surface area (Å²) in [5, 5.41) is 3.12. The van der Waals surface area contributed by atoms with Crippen molar-refractivity contribution in [3.05, 3.63) is 28.0 Å². The predicted molar refractivity (Wildman–Crippen MR) is 79.9 cm³/mol. The Hall–Kier alpha value is -1.69. The Labute approximate surface area is 117 Å². The van der Waals surface area contributed by atoms with Gasteiger partial charge in [0.05, 0.1) is 17.7 Å². The van der Waals surface area contributed by atoms with Crippen LogP contribution in [0.3, 0.4) is 0 Å². The summed E-state index contributed by atoms with van der Waals surface area (Å²) in [5.74, 6) is 1.88. The molecule has 2 aromatic heterocycles. The van der Waals surface area contributed by atoms with Crippen LogP contribution in [-0.2, 0) is 13.0 Å². The van der Waals surface area contributed by atoms with Gasteiger partial charge in [0.15, 0.2) is 0 Å². The van der Waals surface area contributed by atoms with Crippen LogP contribution in [0.5, 0.6) is 0 Å². The van der Waals surface area contributed by atoms with Crippen LogP contribution in [0.15, 0.2) is 11.8 Å². The lowest BCUT2D eigenvalue weighted by atomic mass is 10.2. The number of anilines is 2. The molecule has 102 valence electrons. The number of nitrogens with zero attached hydrogens (tertiary/aromatic N) is 4. The molecule has 0 aromatic carbocycles. The first kappa shape index (κ1) is 13.7. The summed E-state index contributed by atoms with van der Waals surface area (Å²) < 4.78 is 0. The van der Waals surface area contributed by atoms with Crippen LogP contribution in [0.4, 0.5) is 11.6 Å². The van der Waals surface area contributed by atoms with Gasteiger partial charge in [-0.25, -0.2) is 15.0 Å². The zero-order valence-corrected chi connectivity index (χ0v) is 12.6. The summed E-state index contributed by atoms with van der Waals surface area (Å²) in [6, 6.07) is 0. The van der Waals surface area contributed by atoms with Gasteiger partial charge in [-0.1, -0.05) is 6.92 Å². The van der Waals surface area contributed by atoms with Crippen LogP contribution in [0.25, 0.3) is 0 Å². The Morgan fingerprint density at radius 3 is 2.68 bits per heavy atom. The summed E-state index contributed by atoms with van der Waals surface area (Å²) in [7, 11) is 3.94. The van der Waals surface area contributed by atoms with Crippen LogP contribution in [0, 0.1) is 6.92 Å². The van der Waals surface area contributed by atoms with Crippen molar-refractivity contribution in [2.45, 2.75) is 26.8 Å². The molecule has 0 unspecified atom stereocenters. The normalized spacial score (nSPS) is 10.5. The fraction of sp³-hybridized carbons (Fsp3) is 0.462. The summed E-state index contributed by atoms with van der Waals surface area (Å²) in [5.41, 5.74) is 4.13. The number of hydrogen-bond donors (Lipinski definition) is 1. The largest absolute Gasteiger partial charge is 0.373 e. The zero-order chi connectivity index (χ0) is 13.8. The zero-order valence-electron chi connectivity index (χ0n) is 11.8. The highest BCUT2D eigenvalue weighted by molar-refractivity contribution is 7.09. The molecule has 19 heavy (non-hydrogen) atoms. The third-order valence-corrected chi connectivity index (χ3v) is 4.02. The van der Waals surface area contributed by atoms with Crippen molar-refractivity contribution in [3.8, 4) is 0 Å². The highest BCUT2D eigenvalue weighted by Crippen LogP contribution is 2.25. The standard InChI is InChI=1S/C13H19N5S/c1-5-10-12(14-3)15-7-16-13(10)18(4)6-11-9(2)17-8-19-11/h7-8H,5-6H2,1-4H3,(H,14,15,16). The van der Waals surface area contributed by atoms with Gasteiger partial charge in [-0.3, -0.25) is 0 Å². The lowest BCUT2D eigenvalue weighted by molar-refractivity contribution is 0.874. The van der Waals surface area contributed by atoms with E-state index in [9.17, 15) is 0 Å². The van der Waals surface area contributed by atoms with Crippen LogP contribution in [0.2, 0.25) is 0 Å². The van der Waals surface area contributed by atoms with Gasteiger partial charge in [0.1, 0.15) is 18.0 Å². The summed E-state index contributed by atoms with van der Waals surface area (Å²) in [4.78, 5) is 16.4. The SMILES string of the molecule is CCc1c(NC)ncnc1N(C)Cc1scnc1C. The van der Waals surface area contributed by atoms with E-state index in [0.717, 1.165) is 35.9 Å². The van der Waals surface area contributed by atoms with E-state index in [1.807, 2.05) is 19.5 Å². The minimum atomic E-state index is 0.823. The molecule has 5 nitrogen and oxygen atoms in total. The Morgan fingerprint density at radius 2 is 2.11 bits per heavy atom. The van der Waals surface area contributed by atoms with Crippen molar-refractivity contribution in [1.82, 2.24) is 15.0 Å². The number of aromatic nitrogens is 3. The third kappa shape index (κ3) is 2.84. The van der Waals surface area contributed by atoms with Crippen molar-refractivity contribution in [3.63, 3.8) is 0 Å². The fourth-order valence-corrected chi connectivity index (χ4v) is 2.87. The fourth-order valence-electron chi connectivity index (χ4n) is 2.04. The van der Waals surface area contributed by atoms with Gasteiger partial charge in [0.2, 0.25) is 0 Å². The van der Waals surface area contributed by atoms with E-state index in [-0.39, 0.29) is 0 Å². The molecule has 0 aliphatic carbocycles. The van der Waals surface area contributed by atoms with E-state index >= 15 is 0 Å². The lowest BCUT2D eigenvalue weighted by Gasteiger charge is -2.21. The Kier molecular flexibility index (Phi) is 4.31. The van der Waals surface area contributed by atoms with Crippen LogP contribution in [0.1, 0.15) is 23.1 Å². The van der Waals surface area contributed by atoms with Crippen LogP contribution in [-0.4, -0.2) is 29.0 Å². The minimum Gasteiger partial charge on any atom is -0.373 e. The predicted octanol–water partition coefficient (Wildman–Crippen LogP) is 2.48. The Balaban J connectivity index is 2.28. The van der Waals surface area contributed by atoms with Crippen molar-refractivity contribution < 1.29 is 0 Å². The van der Waals surface area contributed by atoms with E-state index in [2.05, 4.69) is 39.1 Å². The maximum atomic E-state index is 4.43. The van der Waals surface area contributed by atoms with Gasteiger partial charge in [0.25, 0.3) is 0 Å². The Morgan fingerprint density at radius 1 is 1.32 bits per heavy atom. The second-order valence-corrected chi connectivity index (χ2v) is 5.28. The first-order valence-electron chi connectivity index (χ1n) is 6.29. The van der Waals surface area contributed by atoms with E-state index in [0.29, 0.717) is 0 Å². The number of rotatable bonds is 5. The van der Waals surface area contributed by atoms with Gasteiger partial charge in [-0.2, -0.15) is 0 Å². The van der Waals surface area contributed by atoms with Gasteiger partial charge in [0, 0.05) is 24.5 Å². The molecule has 0 aliphatic heterocycles. The molecule has 0 radical (unpaired) electrons. The van der Waals surface area contributed by atoms with Crippen molar-refractivity contribution >= 4 is 23.0 Å². The van der Waals surface area contributed by atoms with Gasteiger partial charge in [-0.05, 0) is 13.3 Å². The number of hydrogen-bond acceptors (Lipinski definition) is 6. The van der Waals surface area contributed by atoms with Crippen molar-refractivity contribution in [1.29, 1.82) is 0 Å². The molecule has 6 heteroatoms. The van der Waals surface area contributed by atoms with Crippen molar-refractivity contribution in [2.75, 3.05) is 24.3 Å². The molecule has 2 aromatic rings. The van der Waals surface area contributed by atoms with E-state index in [4.69, 9.17) is 0 Å². The maximum Gasteiger partial charge on any atom is 0.137 e. The van der Waals surface area contributed by atoms with Gasteiger partial charge in [-0.15, -0.1) is 11.3 Å². The molecule has 0 spiro atoms. The molecular weight excluding hydrogens is 258 g/mol. The maximum absolute atomic E-state index is 4.43. The summed E-state index contributed by atoms with van der Waals surface area (Å²) in [6.07, 6.45) is 2.51. The van der Waals surface area contributed by atoms with Gasteiger partial charge >= 0.3 is 0 Å². The monoisotopic (exact) mass is 277 g/mol. The molecular formula is C13H19N5S. The quantitative estimate of drug-likeness (QED) is 0.910. The minimum absolute atomic E-state index is 0.823. The lowest BCUT2D eigenvalue weighted by Crippen LogP contribution is -2.20. The highest BCUT2D eigenvalue weighted by atomic mass is 32.1. The molecule has 0 bridgehead atoms. The molecule has 0 saturated carbocycles. The summed E-state index contributed by atoms with van der Waals surface area (Å²) >= 11 is 1.68. The van der Waals surface area contributed by atoms with E-state index < -0.39 is 0 Å². The third-order valence-electron chi connectivity index (χ3n) is 3.10.